The molecule has 0 atom stereocenters. The fraction of sp³-hybridized carbons (Fsp3) is 0. The number of hydrogen-bond acceptors (Lipinski definition) is 4. The van der Waals surface area contributed by atoms with Crippen LogP contribution >= 0.6 is 11.3 Å². The Hall–Kier alpha value is -2.67. The van der Waals surface area contributed by atoms with Crippen molar-refractivity contribution in [1.82, 2.24) is 4.98 Å². The number of carbonyl (C=O) groups excluding carboxylic acids is 1. The molecule has 4 N–H and O–H groups in total. The Morgan fingerprint density at radius 2 is 1.90 bits per heavy atom. The summed E-state index contributed by atoms with van der Waals surface area (Å²) in [4.78, 5) is 16.0. The summed E-state index contributed by atoms with van der Waals surface area (Å²) in [5, 5.41) is 5.71. The van der Waals surface area contributed by atoms with E-state index in [-0.39, 0.29) is 0 Å². The zero-order chi connectivity index (χ0) is 14.8. The van der Waals surface area contributed by atoms with Crippen LogP contribution in [0.25, 0.3) is 10.2 Å². The van der Waals surface area contributed by atoms with Crippen molar-refractivity contribution in [3.63, 3.8) is 0 Å². The Morgan fingerprint density at radius 1 is 1.14 bits per heavy atom. The van der Waals surface area contributed by atoms with Gasteiger partial charge in [-0.05, 0) is 36.4 Å². The van der Waals surface area contributed by atoms with Crippen LogP contribution < -0.4 is 16.4 Å². The van der Waals surface area contributed by atoms with Crippen LogP contribution in [0, 0.1) is 5.82 Å². The first-order chi connectivity index (χ1) is 10.1. The van der Waals surface area contributed by atoms with E-state index in [2.05, 4.69) is 15.6 Å². The molecule has 3 aromatic rings. The van der Waals surface area contributed by atoms with Gasteiger partial charge in [-0.25, -0.2) is 14.2 Å². The molecule has 2 amide bonds. The van der Waals surface area contributed by atoms with Crippen LogP contribution in [0.1, 0.15) is 0 Å². The minimum atomic E-state index is -0.447. The van der Waals surface area contributed by atoms with Crippen LogP contribution in [0.3, 0.4) is 0 Å². The predicted molar refractivity (Wildman–Crippen MR) is 83.1 cm³/mol. The molecule has 5 nitrogen and oxygen atoms in total. The molecule has 0 radical (unpaired) electrons. The van der Waals surface area contributed by atoms with Crippen molar-refractivity contribution in [3.8, 4) is 0 Å². The highest BCUT2D eigenvalue weighted by Gasteiger charge is 2.06. The van der Waals surface area contributed by atoms with Gasteiger partial charge < -0.3 is 16.4 Å². The highest BCUT2D eigenvalue weighted by Crippen LogP contribution is 2.26. The molecule has 21 heavy (non-hydrogen) atoms. The van der Waals surface area contributed by atoms with Gasteiger partial charge >= 0.3 is 6.03 Å². The number of anilines is 3. The number of carbonyl (C=O) groups is 1. The first kappa shape index (κ1) is 13.3. The smallest absolute Gasteiger partial charge is 0.323 e. The Balaban J connectivity index is 1.73. The van der Waals surface area contributed by atoms with Gasteiger partial charge in [-0.2, -0.15) is 0 Å². The third-order valence-corrected chi connectivity index (χ3v) is 3.59. The summed E-state index contributed by atoms with van der Waals surface area (Å²) >= 11 is 1.34. The van der Waals surface area contributed by atoms with Crippen LogP contribution in [0.15, 0.2) is 42.5 Å². The molecule has 1 aromatic heterocycles. The fourth-order valence-electron chi connectivity index (χ4n) is 1.88. The number of benzene rings is 2. The minimum absolute atomic E-state index is 0.385. The van der Waals surface area contributed by atoms with Crippen LogP contribution in [-0.4, -0.2) is 11.0 Å². The van der Waals surface area contributed by atoms with Crippen LogP contribution in [0.2, 0.25) is 0 Å². The zero-order valence-electron chi connectivity index (χ0n) is 10.8. The number of halogens is 1. The molecule has 0 aliphatic heterocycles. The fourth-order valence-corrected chi connectivity index (χ4v) is 2.65. The molecule has 0 unspecified atom stereocenters. The zero-order valence-corrected chi connectivity index (χ0v) is 11.6. The van der Waals surface area contributed by atoms with Gasteiger partial charge in [-0.3, -0.25) is 0 Å². The summed E-state index contributed by atoms with van der Waals surface area (Å²) in [6, 6.07) is 10.5. The van der Waals surface area contributed by atoms with E-state index < -0.39 is 11.8 Å². The average Bonchev–Trinajstić information content (AvgIpc) is 2.78. The van der Waals surface area contributed by atoms with E-state index in [0.29, 0.717) is 16.5 Å². The van der Waals surface area contributed by atoms with Gasteiger partial charge in [0.15, 0.2) is 5.13 Å². The molecular formula is C14H11FN4OS. The van der Waals surface area contributed by atoms with E-state index in [9.17, 15) is 9.18 Å². The number of nitrogens with one attached hydrogen (secondary N) is 2. The third-order valence-electron chi connectivity index (χ3n) is 2.75. The number of thiazole rings is 1. The Kier molecular flexibility index (Phi) is 3.41. The number of fused-ring (bicyclic) bond motifs is 1. The first-order valence-electron chi connectivity index (χ1n) is 6.10. The number of nitrogens with two attached hydrogens (primary N) is 1. The van der Waals surface area contributed by atoms with Gasteiger partial charge in [0.25, 0.3) is 0 Å². The molecule has 0 bridgehead atoms. The second kappa shape index (κ2) is 5.37. The summed E-state index contributed by atoms with van der Waals surface area (Å²) in [6.07, 6.45) is 0. The molecule has 0 fully saturated rings. The highest BCUT2D eigenvalue weighted by molar-refractivity contribution is 7.22. The number of hydrogen-bond donors (Lipinski definition) is 3. The van der Waals surface area contributed by atoms with Gasteiger partial charge in [0.2, 0.25) is 0 Å². The highest BCUT2D eigenvalue weighted by atomic mass is 32.1. The number of rotatable bonds is 2. The minimum Gasteiger partial charge on any atom is -0.375 e. The van der Waals surface area contributed by atoms with E-state index in [1.54, 1.807) is 24.3 Å². The number of urea groups is 1. The number of amides is 2. The number of nitrogen functional groups attached to an aromatic ring is 1. The van der Waals surface area contributed by atoms with Gasteiger partial charge in [-0.1, -0.05) is 17.4 Å². The molecule has 0 saturated heterocycles. The van der Waals surface area contributed by atoms with Crippen molar-refractivity contribution in [2.45, 2.75) is 0 Å². The summed E-state index contributed by atoms with van der Waals surface area (Å²) in [5.41, 5.74) is 7.41. The molecule has 7 heteroatoms. The Labute approximate surface area is 123 Å². The SMILES string of the molecule is Nc1nc2ccc(NC(=O)Nc3cccc(F)c3)cc2s1. The van der Waals surface area contributed by atoms with E-state index in [4.69, 9.17) is 5.73 Å². The largest absolute Gasteiger partial charge is 0.375 e. The second-order valence-corrected chi connectivity index (χ2v) is 5.39. The van der Waals surface area contributed by atoms with Crippen molar-refractivity contribution in [3.05, 3.63) is 48.3 Å². The Morgan fingerprint density at radius 3 is 2.67 bits per heavy atom. The van der Waals surface area contributed by atoms with Crippen molar-refractivity contribution >= 4 is 44.1 Å². The van der Waals surface area contributed by atoms with Crippen LogP contribution in [0.5, 0.6) is 0 Å². The summed E-state index contributed by atoms with van der Waals surface area (Å²) in [5.74, 6) is -0.408. The maximum absolute atomic E-state index is 13.0. The van der Waals surface area contributed by atoms with Crippen molar-refractivity contribution in [2.24, 2.45) is 0 Å². The maximum Gasteiger partial charge on any atom is 0.323 e. The van der Waals surface area contributed by atoms with E-state index >= 15 is 0 Å². The third kappa shape index (κ3) is 3.09. The molecule has 0 aliphatic rings. The molecule has 2 aromatic carbocycles. The molecule has 106 valence electrons. The maximum atomic E-state index is 13.0. The number of aromatic nitrogens is 1. The van der Waals surface area contributed by atoms with Crippen molar-refractivity contribution in [2.75, 3.05) is 16.4 Å². The lowest BCUT2D eigenvalue weighted by Crippen LogP contribution is -2.19. The molecule has 1 heterocycles. The molecule has 0 aliphatic carbocycles. The van der Waals surface area contributed by atoms with Crippen LogP contribution in [0.4, 0.5) is 25.7 Å². The first-order valence-corrected chi connectivity index (χ1v) is 6.91. The topological polar surface area (TPSA) is 80.0 Å². The van der Waals surface area contributed by atoms with Crippen LogP contribution in [-0.2, 0) is 0 Å². The quantitative estimate of drug-likeness (QED) is 0.676. The van der Waals surface area contributed by atoms with Gasteiger partial charge in [-0.15, -0.1) is 0 Å². The van der Waals surface area contributed by atoms with Gasteiger partial charge in [0.1, 0.15) is 5.82 Å². The average molecular weight is 302 g/mol. The lowest BCUT2D eigenvalue weighted by atomic mass is 10.3. The molecule has 0 saturated carbocycles. The van der Waals surface area contributed by atoms with E-state index in [0.717, 1.165) is 10.2 Å². The van der Waals surface area contributed by atoms with Crippen molar-refractivity contribution < 1.29 is 9.18 Å². The molecule has 0 spiro atoms. The summed E-state index contributed by atoms with van der Waals surface area (Å²) < 4.78 is 13.9. The van der Waals surface area contributed by atoms with Crippen molar-refractivity contribution in [1.29, 1.82) is 0 Å². The summed E-state index contributed by atoms with van der Waals surface area (Å²) in [6.45, 7) is 0. The van der Waals surface area contributed by atoms with Gasteiger partial charge in [0.05, 0.1) is 10.2 Å². The summed E-state index contributed by atoms with van der Waals surface area (Å²) in [7, 11) is 0. The monoisotopic (exact) mass is 302 g/mol. The van der Waals surface area contributed by atoms with E-state index in [1.807, 2.05) is 0 Å². The number of nitrogens with zero attached hydrogens (tertiary/aromatic N) is 1. The second-order valence-electron chi connectivity index (χ2n) is 4.32. The normalized spacial score (nSPS) is 10.5. The van der Waals surface area contributed by atoms with Gasteiger partial charge in [0, 0.05) is 11.4 Å². The predicted octanol–water partition coefficient (Wildman–Crippen LogP) is 3.66. The van der Waals surface area contributed by atoms with E-state index in [1.165, 1.54) is 29.5 Å². The molecular weight excluding hydrogens is 291 g/mol. The standard InChI is InChI=1S/C14H11FN4OS/c15-8-2-1-3-9(6-8)17-14(20)18-10-4-5-11-12(7-10)21-13(16)19-11/h1-7H,(H2,16,19)(H2,17,18,20). The Bertz CT molecular complexity index is 818. The lowest BCUT2D eigenvalue weighted by molar-refractivity contribution is 0.262. The lowest BCUT2D eigenvalue weighted by Gasteiger charge is -2.07. The molecule has 3 rings (SSSR count).